The third-order valence-electron chi connectivity index (χ3n) is 4.34. The van der Waals surface area contributed by atoms with Crippen LogP contribution in [-0.4, -0.2) is 6.54 Å². The van der Waals surface area contributed by atoms with Crippen LogP contribution in [0.2, 0.25) is 0 Å². The minimum absolute atomic E-state index is 0.114. The highest BCUT2D eigenvalue weighted by Crippen LogP contribution is 2.36. The molecule has 2 rings (SSSR count). The summed E-state index contributed by atoms with van der Waals surface area (Å²) in [7, 11) is 0. The summed E-state index contributed by atoms with van der Waals surface area (Å²) in [6.45, 7) is 7.30. The van der Waals surface area contributed by atoms with Crippen molar-refractivity contribution in [1.29, 1.82) is 0 Å². The molecule has 0 spiro atoms. The highest BCUT2D eigenvalue weighted by molar-refractivity contribution is 5.37. The number of halogens is 1. The highest BCUT2D eigenvalue weighted by atomic mass is 19.1. The van der Waals surface area contributed by atoms with Gasteiger partial charge in [-0.05, 0) is 68.0 Å². The van der Waals surface area contributed by atoms with Gasteiger partial charge in [-0.25, -0.2) is 4.39 Å². The average Bonchev–Trinajstić information content (AvgIpc) is 2.28. The number of aryl methyl sites for hydroxylation is 2. The van der Waals surface area contributed by atoms with E-state index in [1.54, 1.807) is 12.1 Å². The fraction of sp³-hybridized carbons (Fsp3) is 0.647. The summed E-state index contributed by atoms with van der Waals surface area (Å²) in [6.07, 6.45) is 6.45. The molecule has 1 nitrogen and oxygen atoms in total. The molecule has 1 aromatic rings. The van der Waals surface area contributed by atoms with Crippen molar-refractivity contribution < 1.29 is 4.39 Å². The van der Waals surface area contributed by atoms with Crippen LogP contribution in [0.15, 0.2) is 12.1 Å². The molecule has 0 aromatic heterocycles. The predicted octanol–water partition coefficient (Wildman–Crippen LogP) is 4.67. The molecule has 1 atom stereocenters. The lowest BCUT2D eigenvalue weighted by molar-refractivity contribution is 0.260. The minimum atomic E-state index is -0.114. The van der Waals surface area contributed by atoms with Gasteiger partial charge in [-0.3, -0.25) is 0 Å². The summed E-state index contributed by atoms with van der Waals surface area (Å²) in [5.41, 5.74) is 3.50. The smallest absolute Gasteiger partial charge is 0.123 e. The molecule has 1 N–H and O–H groups in total. The van der Waals surface area contributed by atoms with Gasteiger partial charge in [0.05, 0.1) is 0 Å². The first kappa shape index (κ1) is 14.5. The van der Waals surface area contributed by atoms with Gasteiger partial charge in [0.2, 0.25) is 0 Å². The Morgan fingerprint density at radius 2 is 1.89 bits per heavy atom. The summed E-state index contributed by atoms with van der Waals surface area (Å²) >= 11 is 0. The number of hydrogen-bond acceptors (Lipinski definition) is 1. The number of rotatable bonds is 6. The summed E-state index contributed by atoms with van der Waals surface area (Å²) in [5.74, 6) is 0.745. The van der Waals surface area contributed by atoms with E-state index in [0.717, 1.165) is 30.0 Å². The first-order valence-electron chi connectivity index (χ1n) is 7.61. The fourth-order valence-electron chi connectivity index (χ4n) is 3.16. The van der Waals surface area contributed by atoms with Crippen LogP contribution in [0.1, 0.15) is 61.8 Å². The summed E-state index contributed by atoms with van der Waals surface area (Å²) in [4.78, 5) is 0. The Hall–Kier alpha value is -0.890. The molecule has 1 aliphatic carbocycles. The van der Waals surface area contributed by atoms with E-state index in [4.69, 9.17) is 0 Å². The third-order valence-corrected chi connectivity index (χ3v) is 4.34. The standard InChI is InChI=1S/C17H26FN/c1-4-8-19-16(11-14-6-5-7-14)17-12(2)9-15(18)10-13(17)3/h9-10,14,16,19H,4-8,11H2,1-3H3. The fourth-order valence-corrected chi connectivity index (χ4v) is 3.16. The zero-order valence-corrected chi connectivity index (χ0v) is 12.4. The molecule has 0 saturated heterocycles. The Morgan fingerprint density at radius 3 is 2.37 bits per heavy atom. The largest absolute Gasteiger partial charge is 0.310 e. The van der Waals surface area contributed by atoms with E-state index in [9.17, 15) is 4.39 Å². The molecule has 2 heteroatoms. The van der Waals surface area contributed by atoms with Gasteiger partial charge < -0.3 is 5.32 Å². The summed E-state index contributed by atoms with van der Waals surface area (Å²) in [5, 5.41) is 3.66. The second-order valence-electron chi connectivity index (χ2n) is 5.99. The van der Waals surface area contributed by atoms with Gasteiger partial charge in [-0.15, -0.1) is 0 Å². The Balaban J connectivity index is 2.20. The summed E-state index contributed by atoms with van der Waals surface area (Å²) < 4.78 is 13.4. The molecule has 1 fully saturated rings. The van der Waals surface area contributed by atoms with E-state index < -0.39 is 0 Å². The SMILES string of the molecule is CCCNC(CC1CCC1)c1c(C)cc(F)cc1C. The van der Waals surface area contributed by atoms with Crippen molar-refractivity contribution in [3.8, 4) is 0 Å². The monoisotopic (exact) mass is 263 g/mol. The van der Waals surface area contributed by atoms with Crippen molar-refractivity contribution in [2.45, 2.75) is 58.9 Å². The highest BCUT2D eigenvalue weighted by Gasteiger charge is 2.24. The molecular weight excluding hydrogens is 237 g/mol. The van der Waals surface area contributed by atoms with Crippen LogP contribution < -0.4 is 5.32 Å². The van der Waals surface area contributed by atoms with Crippen LogP contribution in [0, 0.1) is 25.6 Å². The lowest BCUT2D eigenvalue weighted by Gasteiger charge is -2.32. The molecule has 1 aromatic carbocycles. The molecular formula is C17H26FN. The maximum absolute atomic E-state index is 13.4. The van der Waals surface area contributed by atoms with Crippen molar-refractivity contribution in [3.05, 3.63) is 34.6 Å². The van der Waals surface area contributed by atoms with Gasteiger partial charge >= 0.3 is 0 Å². The molecule has 0 heterocycles. The molecule has 1 saturated carbocycles. The zero-order chi connectivity index (χ0) is 13.8. The van der Waals surface area contributed by atoms with Gasteiger partial charge in [0, 0.05) is 6.04 Å². The lowest BCUT2D eigenvalue weighted by Crippen LogP contribution is -2.28. The molecule has 0 radical (unpaired) electrons. The Labute approximate surface area is 116 Å². The maximum atomic E-state index is 13.4. The van der Waals surface area contributed by atoms with E-state index in [0.29, 0.717) is 6.04 Å². The van der Waals surface area contributed by atoms with Crippen LogP contribution in [0.25, 0.3) is 0 Å². The van der Waals surface area contributed by atoms with Crippen LogP contribution in [0.3, 0.4) is 0 Å². The number of benzene rings is 1. The topological polar surface area (TPSA) is 12.0 Å². The molecule has 1 aliphatic rings. The van der Waals surface area contributed by atoms with E-state index in [2.05, 4.69) is 12.2 Å². The number of nitrogens with one attached hydrogen (secondary N) is 1. The van der Waals surface area contributed by atoms with E-state index >= 15 is 0 Å². The maximum Gasteiger partial charge on any atom is 0.123 e. The normalized spacial score (nSPS) is 17.3. The second-order valence-corrected chi connectivity index (χ2v) is 5.99. The predicted molar refractivity (Wildman–Crippen MR) is 78.9 cm³/mol. The van der Waals surface area contributed by atoms with Crippen molar-refractivity contribution >= 4 is 0 Å². The lowest BCUT2D eigenvalue weighted by atomic mass is 9.78. The van der Waals surface area contributed by atoms with Crippen LogP contribution in [-0.2, 0) is 0 Å². The summed E-state index contributed by atoms with van der Waals surface area (Å²) in [6, 6.07) is 3.74. The zero-order valence-electron chi connectivity index (χ0n) is 12.4. The first-order chi connectivity index (χ1) is 9.11. The first-order valence-corrected chi connectivity index (χ1v) is 7.61. The quantitative estimate of drug-likeness (QED) is 0.786. The minimum Gasteiger partial charge on any atom is -0.310 e. The molecule has 0 amide bonds. The molecule has 19 heavy (non-hydrogen) atoms. The van der Waals surface area contributed by atoms with Gasteiger partial charge in [-0.1, -0.05) is 26.2 Å². The van der Waals surface area contributed by atoms with Gasteiger partial charge in [0.15, 0.2) is 0 Å². The van der Waals surface area contributed by atoms with Gasteiger partial charge in [0.1, 0.15) is 5.82 Å². The Kier molecular flexibility index (Phi) is 4.98. The van der Waals surface area contributed by atoms with Crippen molar-refractivity contribution in [2.24, 2.45) is 5.92 Å². The Bertz CT molecular complexity index is 400. The Morgan fingerprint density at radius 1 is 1.26 bits per heavy atom. The molecule has 106 valence electrons. The van der Waals surface area contributed by atoms with Gasteiger partial charge in [0.25, 0.3) is 0 Å². The van der Waals surface area contributed by atoms with Crippen LogP contribution in [0.4, 0.5) is 4.39 Å². The molecule has 0 bridgehead atoms. The van der Waals surface area contributed by atoms with Crippen LogP contribution in [0.5, 0.6) is 0 Å². The molecule has 0 aliphatic heterocycles. The van der Waals surface area contributed by atoms with E-state index in [1.165, 1.54) is 31.2 Å². The van der Waals surface area contributed by atoms with Crippen molar-refractivity contribution in [3.63, 3.8) is 0 Å². The van der Waals surface area contributed by atoms with Crippen molar-refractivity contribution in [2.75, 3.05) is 6.54 Å². The van der Waals surface area contributed by atoms with E-state index in [1.807, 2.05) is 13.8 Å². The van der Waals surface area contributed by atoms with Crippen LogP contribution >= 0.6 is 0 Å². The van der Waals surface area contributed by atoms with Gasteiger partial charge in [-0.2, -0.15) is 0 Å². The molecule has 1 unspecified atom stereocenters. The second kappa shape index (κ2) is 6.51. The third kappa shape index (κ3) is 3.56. The average molecular weight is 263 g/mol. The number of hydrogen-bond donors (Lipinski definition) is 1. The van der Waals surface area contributed by atoms with E-state index in [-0.39, 0.29) is 5.82 Å². The van der Waals surface area contributed by atoms with Crippen molar-refractivity contribution in [1.82, 2.24) is 5.32 Å².